The molecule has 3 aromatic rings. The normalized spacial score (nSPS) is 19.4. The van der Waals surface area contributed by atoms with Crippen LogP contribution in [0, 0.1) is 17.2 Å². The van der Waals surface area contributed by atoms with Crippen molar-refractivity contribution in [2.45, 2.75) is 38.1 Å². The molecule has 144 valence electrons. The second kappa shape index (κ2) is 7.48. The first-order valence-electron chi connectivity index (χ1n) is 9.04. The van der Waals surface area contributed by atoms with Gasteiger partial charge in [0.2, 0.25) is 5.95 Å². The third-order valence-electron chi connectivity index (χ3n) is 5.13. The summed E-state index contributed by atoms with van der Waals surface area (Å²) in [5.74, 6) is 0.592. The quantitative estimate of drug-likeness (QED) is 0.617. The third-order valence-corrected chi connectivity index (χ3v) is 5.35. The van der Waals surface area contributed by atoms with Gasteiger partial charge in [-0.25, -0.2) is 9.78 Å². The minimum atomic E-state index is -0.352. The molecule has 1 aliphatic carbocycles. The van der Waals surface area contributed by atoms with Crippen molar-refractivity contribution in [3.8, 4) is 6.07 Å². The van der Waals surface area contributed by atoms with Gasteiger partial charge in [-0.1, -0.05) is 11.6 Å². The number of halogens is 1. The predicted octanol–water partition coefficient (Wildman–Crippen LogP) is 2.85. The van der Waals surface area contributed by atoms with E-state index in [2.05, 4.69) is 31.3 Å². The Morgan fingerprint density at radius 1 is 1.32 bits per heavy atom. The molecule has 3 aromatic heterocycles. The van der Waals surface area contributed by atoms with Crippen LogP contribution in [-0.2, 0) is 0 Å². The van der Waals surface area contributed by atoms with Crippen molar-refractivity contribution in [3.05, 3.63) is 44.3 Å². The van der Waals surface area contributed by atoms with E-state index in [0.717, 1.165) is 25.7 Å². The Morgan fingerprint density at radius 2 is 2.11 bits per heavy atom. The van der Waals surface area contributed by atoms with Crippen molar-refractivity contribution >= 4 is 34.4 Å². The molecule has 1 aliphatic rings. The van der Waals surface area contributed by atoms with Crippen LogP contribution in [0.3, 0.4) is 0 Å². The predicted molar refractivity (Wildman–Crippen MR) is 105 cm³/mol. The molecule has 0 bridgehead atoms. The second-order valence-electron chi connectivity index (χ2n) is 6.95. The number of nitriles is 1. The number of imidazole rings is 1. The van der Waals surface area contributed by atoms with Crippen LogP contribution < -0.4 is 16.6 Å². The fraction of sp³-hybridized carbons (Fsp3) is 0.389. The minimum absolute atomic E-state index is 0.0218. The van der Waals surface area contributed by atoms with E-state index in [0.29, 0.717) is 28.5 Å². The van der Waals surface area contributed by atoms with E-state index < -0.39 is 0 Å². The van der Waals surface area contributed by atoms with Crippen molar-refractivity contribution in [2.24, 2.45) is 5.92 Å². The van der Waals surface area contributed by atoms with Gasteiger partial charge in [0.25, 0.3) is 5.56 Å². The monoisotopic (exact) mass is 399 g/mol. The van der Waals surface area contributed by atoms with E-state index in [1.165, 1.54) is 18.5 Å². The van der Waals surface area contributed by atoms with Gasteiger partial charge < -0.3 is 15.3 Å². The lowest BCUT2D eigenvalue weighted by molar-refractivity contribution is 0.277. The van der Waals surface area contributed by atoms with Crippen molar-refractivity contribution in [1.82, 2.24) is 24.5 Å². The molecular formula is C18H18ClN7O2. The molecule has 0 spiro atoms. The number of hydrogen-bond acceptors (Lipinski definition) is 6. The first-order valence-corrected chi connectivity index (χ1v) is 9.42. The third kappa shape index (κ3) is 3.51. The van der Waals surface area contributed by atoms with Crippen molar-refractivity contribution < 1.29 is 0 Å². The van der Waals surface area contributed by atoms with E-state index in [1.807, 2.05) is 0 Å². The van der Waals surface area contributed by atoms with Crippen molar-refractivity contribution in [3.63, 3.8) is 0 Å². The fourth-order valence-electron chi connectivity index (χ4n) is 3.72. The number of fused-ring (bicyclic) bond motifs is 1. The molecule has 28 heavy (non-hydrogen) atoms. The zero-order valence-corrected chi connectivity index (χ0v) is 15.7. The summed E-state index contributed by atoms with van der Waals surface area (Å²) in [6.45, 7) is 0. The van der Waals surface area contributed by atoms with Crippen LogP contribution in [0.5, 0.6) is 0 Å². The second-order valence-corrected chi connectivity index (χ2v) is 7.39. The number of aromatic amines is 2. The Balaban J connectivity index is 1.65. The molecule has 3 N–H and O–H groups in total. The van der Waals surface area contributed by atoms with E-state index in [1.54, 1.807) is 4.57 Å². The SMILES string of the molecule is N#CCC1CCC(n2c(=O)[nH]c3cnc(Nc4cc(Cl)c[nH]c4=O)nc32)CC1. The van der Waals surface area contributed by atoms with Gasteiger partial charge in [0.15, 0.2) is 5.65 Å². The molecule has 10 heteroatoms. The topological polar surface area (TPSA) is 132 Å². The summed E-state index contributed by atoms with van der Waals surface area (Å²) in [4.78, 5) is 38.4. The van der Waals surface area contributed by atoms with Gasteiger partial charge in [0.1, 0.15) is 11.2 Å². The lowest BCUT2D eigenvalue weighted by atomic mass is 9.84. The molecule has 0 aromatic carbocycles. The molecule has 0 atom stereocenters. The molecule has 0 radical (unpaired) electrons. The number of hydrogen-bond donors (Lipinski definition) is 3. The maximum atomic E-state index is 12.5. The molecule has 0 aliphatic heterocycles. The van der Waals surface area contributed by atoms with Crippen LogP contribution in [0.25, 0.3) is 11.2 Å². The number of nitrogens with one attached hydrogen (secondary N) is 3. The van der Waals surface area contributed by atoms with Crippen LogP contribution in [0.4, 0.5) is 11.6 Å². The Morgan fingerprint density at radius 3 is 2.86 bits per heavy atom. The minimum Gasteiger partial charge on any atom is -0.326 e. The van der Waals surface area contributed by atoms with Crippen molar-refractivity contribution in [1.29, 1.82) is 5.26 Å². The zero-order valence-electron chi connectivity index (χ0n) is 14.9. The molecule has 9 nitrogen and oxygen atoms in total. The number of nitrogens with zero attached hydrogens (tertiary/aromatic N) is 4. The van der Waals surface area contributed by atoms with Crippen LogP contribution in [0.1, 0.15) is 38.1 Å². The highest BCUT2D eigenvalue weighted by Crippen LogP contribution is 2.34. The molecule has 1 fully saturated rings. The number of pyridine rings is 1. The van der Waals surface area contributed by atoms with Crippen LogP contribution in [-0.4, -0.2) is 24.5 Å². The van der Waals surface area contributed by atoms with E-state index in [9.17, 15) is 9.59 Å². The number of aromatic nitrogens is 5. The van der Waals surface area contributed by atoms with Crippen molar-refractivity contribution in [2.75, 3.05) is 5.32 Å². The lowest BCUT2D eigenvalue weighted by Crippen LogP contribution is -2.26. The van der Waals surface area contributed by atoms with Gasteiger partial charge in [-0.15, -0.1) is 0 Å². The summed E-state index contributed by atoms with van der Waals surface area (Å²) in [5.41, 5.74) is 0.661. The summed E-state index contributed by atoms with van der Waals surface area (Å²) < 4.78 is 1.66. The fourth-order valence-corrected chi connectivity index (χ4v) is 3.89. The van der Waals surface area contributed by atoms with Gasteiger partial charge in [0, 0.05) is 18.7 Å². The summed E-state index contributed by atoms with van der Waals surface area (Å²) in [7, 11) is 0. The highest BCUT2D eigenvalue weighted by atomic mass is 35.5. The highest BCUT2D eigenvalue weighted by Gasteiger charge is 2.25. The molecule has 0 amide bonds. The maximum Gasteiger partial charge on any atom is 0.327 e. The summed E-state index contributed by atoms with van der Waals surface area (Å²) in [6.07, 6.45) is 6.92. The van der Waals surface area contributed by atoms with Gasteiger partial charge in [-0.3, -0.25) is 9.36 Å². The lowest BCUT2D eigenvalue weighted by Gasteiger charge is -2.27. The maximum absolute atomic E-state index is 12.5. The molecule has 0 unspecified atom stereocenters. The Bertz CT molecular complexity index is 1170. The van der Waals surface area contributed by atoms with E-state index in [-0.39, 0.29) is 28.9 Å². The Hall–Kier alpha value is -3.12. The van der Waals surface area contributed by atoms with Crippen LogP contribution in [0.2, 0.25) is 5.02 Å². The number of H-pyrrole nitrogens is 2. The van der Waals surface area contributed by atoms with Gasteiger partial charge in [0.05, 0.1) is 17.3 Å². The van der Waals surface area contributed by atoms with Crippen LogP contribution in [0.15, 0.2) is 28.0 Å². The van der Waals surface area contributed by atoms with Gasteiger partial charge in [-0.05, 0) is 37.7 Å². The summed E-state index contributed by atoms with van der Waals surface area (Å²) >= 11 is 5.92. The molecule has 4 rings (SSSR count). The Labute approximate surface area is 164 Å². The van der Waals surface area contributed by atoms with E-state index in [4.69, 9.17) is 16.9 Å². The van der Waals surface area contributed by atoms with E-state index >= 15 is 0 Å². The molecule has 0 saturated heterocycles. The molecule has 1 saturated carbocycles. The average molecular weight is 400 g/mol. The Kier molecular flexibility index (Phi) is 4.88. The largest absolute Gasteiger partial charge is 0.327 e. The first kappa shape index (κ1) is 18.3. The molecule has 3 heterocycles. The smallest absolute Gasteiger partial charge is 0.326 e. The zero-order chi connectivity index (χ0) is 19.7. The van der Waals surface area contributed by atoms with Gasteiger partial charge >= 0.3 is 5.69 Å². The first-order chi connectivity index (χ1) is 13.5. The highest BCUT2D eigenvalue weighted by molar-refractivity contribution is 6.30. The summed E-state index contributed by atoms with van der Waals surface area (Å²) in [5, 5.41) is 12.1. The standard InChI is InChI=1S/C18H18ClN7O2/c19-11-7-13(16(27)21-8-11)23-17-22-9-14-15(25-17)26(18(28)24-14)12-3-1-10(2-4-12)5-6-20/h7-10,12H,1-5H2,(H,21,27)(H,24,28)(H,22,23,25). The number of rotatable bonds is 4. The van der Waals surface area contributed by atoms with Crippen LogP contribution >= 0.6 is 11.6 Å². The molecular weight excluding hydrogens is 382 g/mol. The summed E-state index contributed by atoms with van der Waals surface area (Å²) in [6, 6.07) is 3.73. The van der Waals surface area contributed by atoms with Gasteiger partial charge in [-0.2, -0.15) is 10.2 Å². The average Bonchev–Trinajstić information content (AvgIpc) is 3.01. The number of anilines is 2.